The summed E-state index contributed by atoms with van der Waals surface area (Å²) in [6.07, 6.45) is 2.06. The minimum absolute atomic E-state index is 0.0140. The second-order valence-electron chi connectivity index (χ2n) is 11.9. The molecule has 1 saturated carbocycles. The van der Waals surface area contributed by atoms with Crippen molar-refractivity contribution in [1.29, 1.82) is 0 Å². The smallest absolute Gasteiger partial charge is 0.225 e. The minimum Gasteiger partial charge on any atom is -0.392 e. The molecule has 9 heteroatoms. The molecule has 2 aliphatic carbocycles. The van der Waals surface area contributed by atoms with E-state index < -0.39 is 20.7 Å². The first-order chi connectivity index (χ1) is 15.7. The Balaban J connectivity index is 1.56. The van der Waals surface area contributed by atoms with Crippen LogP contribution in [0.15, 0.2) is 0 Å². The Labute approximate surface area is 213 Å². The van der Waals surface area contributed by atoms with Crippen LogP contribution < -0.4 is 0 Å². The lowest BCUT2D eigenvalue weighted by Gasteiger charge is -2.53. The average Bonchev–Trinajstić information content (AvgIpc) is 3.14. The van der Waals surface area contributed by atoms with Gasteiger partial charge in [-0.3, -0.25) is 4.79 Å². The Bertz CT molecular complexity index is 1030. The Kier molecular flexibility index (Phi) is 7.26. The molecule has 2 fully saturated rings. The molecular formula is C25H40N2O4S3. The molecule has 1 aliphatic heterocycles. The van der Waals surface area contributed by atoms with Crippen molar-refractivity contribution in [3.63, 3.8) is 0 Å². The van der Waals surface area contributed by atoms with Gasteiger partial charge in [-0.15, -0.1) is 11.3 Å². The lowest BCUT2D eigenvalue weighted by molar-refractivity contribution is -0.144. The molecule has 34 heavy (non-hydrogen) atoms. The number of fused-ring (bicyclic) bond motifs is 2. The van der Waals surface area contributed by atoms with Crippen LogP contribution in [0.4, 0.5) is 0 Å². The standard InChI is InChI=1S/C25H40N2O4S3/c1-15(23(29)27-9-11-32-12-10-27)17-7-8-25(6)13-18-21(16(2)20(25)22(17)28)26-19(33-18)14-34(30,31)24(3,4)5/h15-17,20,22,28H,7-14H2,1-6H3/t15-,16-,17?,20+,22-,25-/m0/s1. The van der Waals surface area contributed by atoms with E-state index in [1.54, 1.807) is 20.8 Å². The van der Waals surface area contributed by atoms with Gasteiger partial charge in [0.25, 0.3) is 0 Å². The van der Waals surface area contributed by atoms with E-state index in [-0.39, 0.29) is 40.7 Å². The number of rotatable bonds is 4. The van der Waals surface area contributed by atoms with Gasteiger partial charge in [0.15, 0.2) is 9.84 Å². The van der Waals surface area contributed by atoms with Gasteiger partial charge >= 0.3 is 0 Å². The van der Waals surface area contributed by atoms with Crippen molar-refractivity contribution in [3.8, 4) is 0 Å². The summed E-state index contributed by atoms with van der Waals surface area (Å²) in [5.41, 5.74) is 0.887. The highest BCUT2D eigenvalue weighted by atomic mass is 32.2. The van der Waals surface area contributed by atoms with E-state index in [9.17, 15) is 18.3 Å². The van der Waals surface area contributed by atoms with E-state index in [2.05, 4.69) is 13.8 Å². The summed E-state index contributed by atoms with van der Waals surface area (Å²) >= 11 is 3.43. The lowest BCUT2D eigenvalue weighted by Crippen LogP contribution is -2.54. The Hall–Kier alpha value is -0.640. The van der Waals surface area contributed by atoms with Crippen LogP contribution in [0.5, 0.6) is 0 Å². The number of aliphatic hydroxyl groups is 1. The van der Waals surface area contributed by atoms with Gasteiger partial charge in [-0.2, -0.15) is 11.8 Å². The highest BCUT2D eigenvalue weighted by Gasteiger charge is 2.54. The van der Waals surface area contributed by atoms with E-state index in [1.807, 2.05) is 23.6 Å². The first-order valence-corrected chi connectivity index (χ1v) is 16.1. The van der Waals surface area contributed by atoms with E-state index in [0.717, 1.165) is 49.6 Å². The summed E-state index contributed by atoms with van der Waals surface area (Å²) in [7, 11) is -3.30. The molecule has 0 spiro atoms. The zero-order chi connectivity index (χ0) is 25.1. The van der Waals surface area contributed by atoms with Gasteiger partial charge < -0.3 is 10.0 Å². The van der Waals surface area contributed by atoms with Gasteiger partial charge in [-0.05, 0) is 57.3 Å². The number of hydrogen-bond acceptors (Lipinski definition) is 7. The van der Waals surface area contributed by atoms with Crippen LogP contribution in [0, 0.1) is 23.2 Å². The van der Waals surface area contributed by atoms with Crippen LogP contribution in [0.1, 0.15) is 75.9 Å². The van der Waals surface area contributed by atoms with Crippen LogP contribution in [0.2, 0.25) is 0 Å². The summed E-state index contributed by atoms with van der Waals surface area (Å²) in [6, 6.07) is 0. The number of nitrogens with zero attached hydrogens (tertiary/aromatic N) is 2. The van der Waals surface area contributed by atoms with Crippen LogP contribution >= 0.6 is 23.1 Å². The van der Waals surface area contributed by atoms with Crippen molar-refractivity contribution in [2.24, 2.45) is 23.2 Å². The Morgan fingerprint density at radius 3 is 2.56 bits per heavy atom. The van der Waals surface area contributed by atoms with E-state index >= 15 is 0 Å². The van der Waals surface area contributed by atoms with Crippen LogP contribution in [0.3, 0.4) is 0 Å². The van der Waals surface area contributed by atoms with Crippen molar-refractivity contribution in [3.05, 3.63) is 15.6 Å². The number of amides is 1. The monoisotopic (exact) mass is 528 g/mol. The fourth-order valence-electron chi connectivity index (χ4n) is 6.29. The predicted molar refractivity (Wildman–Crippen MR) is 140 cm³/mol. The maximum atomic E-state index is 13.2. The second kappa shape index (κ2) is 9.34. The summed E-state index contributed by atoms with van der Waals surface area (Å²) in [6.45, 7) is 13.2. The second-order valence-corrected chi connectivity index (χ2v) is 17.0. The minimum atomic E-state index is -3.30. The van der Waals surface area contributed by atoms with Gasteiger partial charge in [-0.25, -0.2) is 13.4 Å². The topological polar surface area (TPSA) is 87.6 Å². The van der Waals surface area contributed by atoms with Gasteiger partial charge in [0.05, 0.1) is 16.5 Å². The maximum Gasteiger partial charge on any atom is 0.225 e. The number of thioether (sulfide) groups is 1. The molecule has 1 aromatic rings. The third-order valence-electron chi connectivity index (χ3n) is 8.57. The largest absolute Gasteiger partial charge is 0.392 e. The zero-order valence-electron chi connectivity index (χ0n) is 21.3. The first kappa shape index (κ1) is 26.4. The molecule has 6 nitrogen and oxygen atoms in total. The fraction of sp³-hybridized carbons (Fsp3) is 0.840. The molecule has 1 unspecified atom stereocenters. The first-order valence-electron chi connectivity index (χ1n) is 12.5. The van der Waals surface area contributed by atoms with E-state index in [0.29, 0.717) is 5.01 Å². The van der Waals surface area contributed by atoms with Crippen LogP contribution in [-0.4, -0.2) is 64.8 Å². The van der Waals surface area contributed by atoms with Crippen LogP contribution in [0.25, 0.3) is 0 Å². The molecular weight excluding hydrogens is 488 g/mol. The summed E-state index contributed by atoms with van der Waals surface area (Å²) in [4.78, 5) is 21.2. The quantitative estimate of drug-likeness (QED) is 0.633. The van der Waals surface area contributed by atoms with Gasteiger partial charge in [0, 0.05) is 41.3 Å². The Morgan fingerprint density at radius 2 is 1.94 bits per heavy atom. The molecule has 1 aromatic heterocycles. The molecule has 1 saturated heterocycles. The molecule has 1 N–H and O–H groups in total. The summed E-state index contributed by atoms with van der Waals surface area (Å²) < 4.78 is 24.8. The molecule has 0 bridgehead atoms. The van der Waals surface area contributed by atoms with Crippen molar-refractivity contribution >= 4 is 38.8 Å². The summed E-state index contributed by atoms with van der Waals surface area (Å²) in [5.74, 6) is 1.92. The SMILES string of the molecule is C[C@H](C(=O)N1CCSCC1)C1CC[C@@]2(C)Cc3sc(CS(=O)(=O)C(C)(C)C)nc3[C@@H](C)[C@@H]2[C@H]1O. The maximum absolute atomic E-state index is 13.2. The molecule has 1 amide bonds. The number of sulfone groups is 1. The number of carbonyl (C=O) groups excluding carboxylic acids is 1. The molecule has 2 heterocycles. The predicted octanol–water partition coefficient (Wildman–Crippen LogP) is 4.12. The zero-order valence-corrected chi connectivity index (χ0v) is 23.8. The highest BCUT2D eigenvalue weighted by Crippen LogP contribution is 2.57. The van der Waals surface area contributed by atoms with Crippen molar-refractivity contribution in [1.82, 2.24) is 9.88 Å². The van der Waals surface area contributed by atoms with Gasteiger partial charge in [-0.1, -0.05) is 20.8 Å². The number of aromatic nitrogens is 1. The number of hydrogen-bond donors (Lipinski definition) is 1. The molecule has 4 rings (SSSR count). The normalized spacial score (nSPS) is 33.2. The fourth-order valence-corrected chi connectivity index (χ4v) is 9.89. The van der Waals surface area contributed by atoms with Crippen molar-refractivity contribution in [2.45, 2.75) is 83.3 Å². The third-order valence-corrected chi connectivity index (χ3v) is 13.3. The molecule has 192 valence electrons. The van der Waals surface area contributed by atoms with Crippen LogP contribution in [-0.2, 0) is 26.8 Å². The summed E-state index contributed by atoms with van der Waals surface area (Å²) in [5, 5.41) is 12.3. The molecule has 0 aromatic carbocycles. The number of carbonyl (C=O) groups is 1. The van der Waals surface area contributed by atoms with Crippen molar-refractivity contribution < 1.29 is 18.3 Å². The van der Waals surface area contributed by atoms with E-state index in [4.69, 9.17) is 4.98 Å². The van der Waals surface area contributed by atoms with Gasteiger partial charge in [0.1, 0.15) is 10.8 Å². The number of aliphatic hydroxyl groups excluding tert-OH is 1. The third kappa shape index (κ3) is 4.71. The number of thiazole rings is 1. The average molecular weight is 529 g/mol. The highest BCUT2D eigenvalue weighted by molar-refractivity contribution is 7.99. The molecule has 0 radical (unpaired) electrons. The molecule has 3 aliphatic rings. The Morgan fingerprint density at radius 1 is 1.29 bits per heavy atom. The lowest BCUT2D eigenvalue weighted by atomic mass is 9.53. The van der Waals surface area contributed by atoms with Crippen molar-refractivity contribution in [2.75, 3.05) is 24.6 Å². The molecule has 6 atom stereocenters. The van der Waals surface area contributed by atoms with Gasteiger partial charge in [0.2, 0.25) is 5.91 Å². The van der Waals surface area contributed by atoms with E-state index in [1.165, 1.54) is 16.2 Å².